The number of rotatable bonds is 6. The molecule has 0 aliphatic heterocycles. The maximum atomic E-state index is 12.3. The number of carbonyl (C=O) groups is 2. The Labute approximate surface area is 162 Å². The molecule has 3 N–H and O–H groups in total. The number of carbonyl (C=O) groups excluding carboxylic acids is 2. The lowest BCUT2D eigenvalue weighted by atomic mass is 10.1. The molecule has 3 aromatic rings. The number of benzene rings is 2. The highest BCUT2D eigenvalue weighted by molar-refractivity contribution is 6.04. The molecule has 7 heteroatoms. The van der Waals surface area contributed by atoms with Gasteiger partial charge in [0, 0.05) is 23.6 Å². The predicted octanol–water partition coefficient (Wildman–Crippen LogP) is 3.17. The number of nitrogens with zero attached hydrogens (tertiary/aromatic N) is 2. The van der Waals surface area contributed by atoms with Crippen LogP contribution in [0.5, 0.6) is 0 Å². The van der Waals surface area contributed by atoms with Crippen LogP contribution in [0.15, 0.2) is 48.5 Å². The van der Waals surface area contributed by atoms with E-state index in [1.165, 1.54) is 0 Å². The third-order valence-corrected chi connectivity index (χ3v) is 4.64. The average molecular weight is 375 g/mol. The van der Waals surface area contributed by atoms with Gasteiger partial charge in [0.2, 0.25) is 5.95 Å². The molecule has 1 saturated carbocycles. The summed E-state index contributed by atoms with van der Waals surface area (Å²) in [5, 5.41) is 12.4. The molecule has 1 aliphatic rings. The van der Waals surface area contributed by atoms with E-state index in [0.717, 1.165) is 29.8 Å². The van der Waals surface area contributed by atoms with E-state index in [9.17, 15) is 9.59 Å². The molecule has 2 amide bonds. The highest BCUT2D eigenvalue weighted by atomic mass is 16.2. The molecule has 0 saturated heterocycles. The lowest BCUT2D eigenvalue weighted by Gasteiger charge is -2.07. The molecular formula is C21H21N5O2. The topological polar surface area (TPSA) is 99.8 Å². The van der Waals surface area contributed by atoms with E-state index < -0.39 is 0 Å². The van der Waals surface area contributed by atoms with Crippen LogP contribution in [0.4, 0.5) is 5.95 Å². The zero-order valence-corrected chi connectivity index (χ0v) is 15.5. The summed E-state index contributed by atoms with van der Waals surface area (Å²) in [5.41, 5.74) is 3.13. The van der Waals surface area contributed by atoms with E-state index >= 15 is 0 Å². The van der Waals surface area contributed by atoms with Crippen molar-refractivity contribution < 1.29 is 9.59 Å². The number of hydrogen-bond acceptors (Lipinski definition) is 4. The summed E-state index contributed by atoms with van der Waals surface area (Å²) in [6, 6.07) is 14.5. The first-order chi connectivity index (χ1) is 13.6. The van der Waals surface area contributed by atoms with Crippen molar-refractivity contribution in [2.45, 2.75) is 32.2 Å². The fourth-order valence-corrected chi connectivity index (χ4v) is 2.92. The van der Waals surface area contributed by atoms with Gasteiger partial charge in [-0.1, -0.05) is 29.8 Å². The Morgan fingerprint density at radius 1 is 1.07 bits per heavy atom. The zero-order chi connectivity index (χ0) is 19.5. The van der Waals surface area contributed by atoms with Crippen LogP contribution in [0.2, 0.25) is 0 Å². The van der Waals surface area contributed by atoms with Gasteiger partial charge in [-0.05, 0) is 49.6 Å². The van der Waals surface area contributed by atoms with Crippen molar-refractivity contribution in [1.29, 1.82) is 0 Å². The molecule has 7 nitrogen and oxygen atoms in total. The van der Waals surface area contributed by atoms with E-state index in [1.54, 1.807) is 24.3 Å². The summed E-state index contributed by atoms with van der Waals surface area (Å²) in [6.07, 6.45) is 2.21. The number of aryl methyl sites for hydroxylation is 1. The number of aromatic nitrogens is 3. The Balaban J connectivity index is 1.34. The molecular weight excluding hydrogens is 354 g/mol. The predicted molar refractivity (Wildman–Crippen MR) is 105 cm³/mol. The maximum absolute atomic E-state index is 12.3. The van der Waals surface area contributed by atoms with Crippen LogP contribution in [0.3, 0.4) is 0 Å². The van der Waals surface area contributed by atoms with Crippen LogP contribution >= 0.6 is 0 Å². The third-order valence-electron chi connectivity index (χ3n) is 4.64. The van der Waals surface area contributed by atoms with Crippen molar-refractivity contribution in [2.75, 3.05) is 5.32 Å². The van der Waals surface area contributed by atoms with Crippen molar-refractivity contribution in [3.8, 4) is 0 Å². The minimum absolute atomic E-state index is 0.184. The van der Waals surface area contributed by atoms with Gasteiger partial charge >= 0.3 is 0 Å². The first-order valence-electron chi connectivity index (χ1n) is 9.26. The molecule has 1 fully saturated rings. The molecule has 0 atom stereocenters. The Hall–Kier alpha value is -3.48. The first kappa shape index (κ1) is 17.9. The van der Waals surface area contributed by atoms with Crippen molar-refractivity contribution in [3.63, 3.8) is 0 Å². The van der Waals surface area contributed by atoms with E-state index in [2.05, 4.69) is 25.8 Å². The largest absolute Gasteiger partial charge is 0.348 e. The molecule has 1 heterocycles. The van der Waals surface area contributed by atoms with Crippen molar-refractivity contribution in [3.05, 3.63) is 76.6 Å². The zero-order valence-electron chi connectivity index (χ0n) is 15.5. The Kier molecular flexibility index (Phi) is 4.89. The molecule has 2 aromatic carbocycles. The highest BCUT2D eigenvalue weighted by Gasteiger charge is 2.27. The minimum atomic E-state index is -0.312. The fourth-order valence-electron chi connectivity index (χ4n) is 2.92. The van der Waals surface area contributed by atoms with Gasteiger partial charge < -0.3 is 5.32 Å². The lowest BCUT2D eigenvalue weighted by molar-refractivity contribution is 0.0949. The highest BCUT2D eigenvalue weighted by Crippen LogP contribution is 2.38. The van der Waals surface area contributed by atoms with Crippen molar-refractivity contribution in [2.24, 2.45) is 0 Å². The van der Waals surface area contributed by atoms with Gasteiger partial charge in [0.1, 0.15) is 5.82 Å². The molecule has 0 unspecified atom stereocenters. The van der Waals surface area contributed by atoms with Crippen LogP contribution in [-0.4, -0.2) is 27.0 Å². The van der Waals surface area contributed by atoms with Crippen LogP contribution in [0.1, 0.15) is 56.4 Å². The number of H-pyrrole nitrogens is 1. The van der Waals surface area contributed by atoms with Gasteiger partial charge in [0.15, 0.2) is 0 Å². The van der Waals surface area contributed by atoms with Gasteiger partial charge in [0.05, 0.1) is 0 Å². The number of nitrogens with one attached hydrogen (secondary N) is 3. The smallest absolute Gasteiger partial charge is 0.258 e. The summed E-state index contributed by atoms with van der Waals surface area (Å²) < 4.78 is 0. The van der Waals surface area contributed by atoms with E-state index in [0.29, 0.717) is 23.6 Å². The lowest BCUT2D eigenvalue weighted by Crippen LogP contribution is -2.23. The quantitative estimate of drug-likeness (QED) is 0.616. The van der Waals surface area contributed by atoms with Crippen LogP contribution in [-0.2, 0) is 6.54 Å². The third kappa shape index (κ3) is 4.25. The normalized spacial score (nSPS) is 13.2. The van der Waals surface area contributed by atoms with Gasteiger partial charge in [-0.15, -0.1) is 5.10 Å². The Bertz CT molecular complexity index is 1010. The molecule has 142 valence electrons. The molecule has 0 bridgehead atoms. The average Bonchev–Trinajstić information content (AvgIpc) is 3.45. The molecule has 28 heavy (non-hydrogen) atoms. The van der Waals surface area contributed by atoms with Gasteiger partial charge in [-0.2, -0.15) is 4.98 Å². The molecule has 0 spiro atoms. The summed E-state index contributed by atoms with van der Waals surface area (Å²) >= 11 is 0. The second-order valence-corrected chi connectivity index (χ2v) is 7.02. The minimum Gasteiger partial charge on any atom is -0.348 e. The second kappa shape index (κ2) is 7.64. The standard InChI is InChI=1S/C21H21N5O2/c1-13-3-2-4-14(11-13)12-22-19(27)16-7-9-17(10-8-16)20(28)24-21-23-18(25-26-21)15-5-6-15/h2-4,7-11,15H,5-6,12H2,1H3,(H,22,27)(H2,23,24,25,26,28). The van der Waals surface area contributed by atoms with Gasteiger partial charge in [-0.3, -0.25) is 20.0 Å². The number of aromatic amines is 1. The number of anilines is 1. The summed E-state index contributed by atoms with van der Waals surface area (Å²) in [6.45, 7) is 2.47. The number of hydrogen-bond donors (Lipinski definition) is 3. The van der Waals surface area contributed by atoms with Crippen LogP contribution in [0, 0.1) is 6.92 Å². The summed E-state index contributed by atoms with van der Waals surface area (Å²) in [7, 11) is 0. The van der Waals surface area contributed by atoms with E-state index in [1.807, 2.05) is 31.2 Å². The van der Waals surface area contributed by atoms with Gasteiger partial charge in [0.25, 0.3) is 11.8 Å². The molecule has 4 rings (SSSR count). The fraction of sp³-hybridized carbons (Fsp3) is 0.238. The monoisotopic (exact) mass is 375 g/mol. The second-order valence-electron chi connectivity index (χ2n) is 7.02. The molecule has 0 radical (unpaired) electrons. The summed E-state index contributed by atoms with van der Waals surface area (Å²) in [4.78, 5) is 28.9. The van der Waals surface area contributed by atoms with Crippen LogP contribution < -0.4 is 10.6 Å². The maximum Gasteiger partial charge on any atom is 0.258 e. The number of amides is 2. The Morgan fingerprint density at radius 2 is 1.79 bits per heavy atom. The van der Waals surface area contributed by atoms with Gasteiger partial charge in [-0.25, -0.2) is 0 Å². The van der Waals surface area contributed by atoms with E-state index in [4.69, 9.17) is 0 Å². The van der Waals surface area contributed by atoms with Crippen molar-refractivity contribution >= 4 is 17.8 Å². The van der Waals surface area contributed by atoms with Crippen LogP contribution in [0.25, 0.3) is 0 Å². The van der Waals surface area contributed by atoms with E-state index in [-0.39, 0.29) is 17.8 Å². The molecule has 1 aliphatic carbocycles. The Morgan fingerprint density at radius 3 is 2.46 bits per heavy atom. The summed E-state index contributed by atoms with van der Waals surface area (Å²) in [5.74, 6) is 1.03. The first-order valence-corrected chi connectivity index (χ1v) is 9.26. The molecule has 1 aromatic heterocycles. The SMILES string of the molecule is Cc1cccc(CNC(=O)c2ccc(C(=O)Nc3n[nH]c(C4CC4)n3)cc2)c1. The van der Waals surface area contributed by atoms with Crippen molar-refractivity contribution in [1.82, 2.24) is 20.5 Å².